The lowest BCUT2D eigenvalue weighted by molar-refractivity contribution is 0.673. The highest BCUT2D eigenvalue weighted by molar-refractivity contribution is 6.26. The van der Waals surface area contributed by atoms with Gasteiger partial charge in [0.25, 0.3) is 0 Å². The summed E-state index contributed by atoms with van der Waals surface area (Å²) in [6, 6.07) is 101. The lowest BCUT2D eigenvalue weighted by atomic mass is 9.92. The molecule has 0 saturated carbocycles. The van der Waals surface area contributed by atoms with Gasteiger partial charge in [-0.05, 0) is 88.0 Å². The molecule has 6 nitrogen and oxygen atoms in total. The van der Waals surface area contributed by atoms with Gasteiger partial charge in [0.15, 0.2) is 17.5 Å². The molecule has 0 aliphatic heterocycles. The second-order valence-electron chi connectivity index (χ2n) is 20.7. The van der Waals surface area contributed by atoms with E-state index in [-0.39, 0.29) is 0 Å². The molecule has 0 bridgehead atoms. The molecule has 0 aliphatic carbocycles. The van der Waals surface area contributed by atoms with Gasteiger partial charge in [-0.3, -0.25) is 0 Å². The molecule has 4 aromatic heterocycles. The Morgan fingerprint density at radius 3 is 1.23 bits per heavy atom. The van der Waals surface area contributed by atoms with E-state index in [1.807, 2.05) is 12.1 Å². The minimum Gasteiger partial charge on any atom is -0.455 e. The van der Waals surface area contributed by atoms with E-state index in [1.165, 1.54) is 10.8 Å². The highest BCUT2D eigenvalue weighted by Gasteiger charge is 2.26. The van der Waals surface area contributed by atoms with Crippen molar-refractivity contribution in [2.45, 2.75) is 0 Å². The third-order valence-corrected chi connectivity index (χ3v) is 16.0. The Morgan fingerprint density at radius 2 is 0.691 bits per heavy atom. The summed E-state index contributed by atoms with van der Waals surface area (Å²) in [6.45, 7) is 0. The van der Waals surface area contributed by atoms with E-state index in [2.05, 4.69) is 282 Å². The van der Waals surface area contributed by atoms with Crippen LogP contribution in [0.15, 0.2) is 290 Å². The fourth-order valence-electron chi connectivity index (χ4n) is 12.2. The van der Waals surface area contributed by atoms with Crippen LogP contribution in [0.2, 0.25) is 0 Å². The van der Waals surface area contributed by atoms with Crippen molar-refractivity contribution in [1.82, 2.24) is 24.1 Å². The van der Waals surface area contributed by atoms with Crippen molar-refractivity contribution in [3.63, 3.8) is 0 Å². The van der Waals surface area contributed by atoms with Crippen molar-refractivity contribution in [1.29, 1.82) is 0 Å². The van der Waals surface area contributed by atoms with Crippen LogP contribution in [-0.2, 0) is 0 Å². The van der Waals surface area contributed by atoms with Crippen LogP contribution in [0.1, 0.15) is 0 Å². The van der Waals surface area contributed by atoms with Crippen LogP contribution >= 0.6 is 0 Å². The fraction of sp³-hybridized carbons (Fsp3) is 0. The molecule has 0 atom stereocenters. The molecule has 0 radical (unpaired) electrons. The molecule has 0 unspecified atom stereocenters. The third kappa shape index (κ3) is 7.76. The molecule has 378 valence electrons. The van der Waals surface area contributed by atoms with E-state index in [9.17, 15) is 0 Å². The van der Waals surface area contributed by atoms with Gasteiger partial charge in [-0.2, -0.15) is 0 Å². The topological polar surface area (TPSA) is 61.7 Å². The quantitative estimate of drug-likeness (QED) is 0.145. The van der Waals surface area contributed by atoms with Crippen molar-refractivity contribution in [3.8, 4) is 90.0 Å². The SMILES string of the molecule is c1ccc(-c2ccc(-c3nc(-c4ccc(-c5ccccc5)cc4)nc(-c4cc(-c5ccccc5)c(-n5c6ccccc6c6c7oc8cc9c(cc8c7ccc65)c5ccccc5n9-c5ccccc5)c(-c5ccccc5)c4)n3)cc2)cc1. The Bertz CT molecular complexity index is 4890. The van der Waals surface area contributed by atoms with Gasteiger partial charge in [0.05, 0.1) is 33.1 Å². The number of para-hydroxylation sites is 3. The van der Waals surface area contributed by atoms with Crippen LogP contribution in [0.25, 0.3) is 156 Å². The summed E-state index contributed by atoms with van der Waals surface area (Å²) >= 11 is 0. The molecule has 0 saturated heterocycles. The number of aromatic nitrogens is 5. The van der Waals surface area contributed by atoms with E-state index >= 15 is 0 Å². The number of hydrogen-bond donors (Lipinski definition) is 0. The molecule has 12 aromatic carbocycles. The fourth-order valence-corrected chi connectivity index (χ4v) is 12.2. The maximum absolute atomic E-state index is 7.23. The number of furan rings is 1. The monoisotopic (exact) mass is 1030 g/mol. The lowest BCUT2D eigenvalue weighted by Gasteiger charge is -2.21. The van der Waals surface area contributed by atoms with E-state index in [0.29, 0.717) is 17.5 Å². The summed E-state index contributed by atoms with van der Waals surface area (Å²) in [4.78, 5) is 16.0. The van der Waals surface area contributed by atoms with Crippen LogP contribution in [0.4, 0.5) is 0 Å². The molecular weight excluding hydrogens is 987 g/mol. The van der Waals surface area contributed by atoms with Gasteiger partial charge in [-0.25, -0.2) is 15.0 Å². The highest BCUT2D eigenvalue weighted by Crippen LogP contribution is 2.47. The van der Waals surface area contributed by atoms with Crippen LogP contribution in [0.3, 0.4) is 0 Å². The molecule has 0 amide bonds. The molecular formula is C75H47N5O. The predicted octanol–water partition coefficient (Wildman–Crippen LogP) is 19.6. The second-order valence-corrected chi connectivity index (χ2v) is 20.7. The third-order valence-electron chi connectivity index (χ3n) is 16.0. The molecule has 0 aliphatic rings. The Morgan fingerprint density at radius 1 is 0.259 bits per heavy atom. The zero-order valence-corrected chi connectivity index (χ0v) is 43.8. The van der Waals surface area contributed by atoms with Gasteiger partial charge < -0.3 is 13.6 Å². The zero-order chi connectivity index (χ0) is 53.4. The number of fused-ring (bicyclic) bond motifs is 10. The summed E-state index contributed by atoms with van der Waals surface area (Å²) < 4.78 is 12.0. The molecule has 16 aromatic rings. The smallest absolute Gasteiger partial charge is 0.164 e. The Kier molecular flexibility index (Phi) is 10.8. The van der Waals surface area contributed by atoms with Gasteiger partial charge >= 0.3 is 0 Å². The Labute approximate surface area is 466 Å². The standard InChI is InChI=1S/C75H47N5O/c1-6-20-48(21-7-1)50-34-38-54(39-35-50)73-76-74(55-40-36-51(37-41-55)49-22-8-2-9-23-49)78-75(77-73)56-44-61(52-24-10-3-11-25-52)71(62(45-56)53-26-12-4-13-27-53)80-66-33-19-17-31-60(66)70-67(80)43-42-59-64-46-63-58-30-16-18-32-65(58)79(57-28-14-5-15-29-57)68(63)47-69(64)81-72(59)70/h1-47H. The molecule has 0 N–H and O–H groups in total. The highest BCUT2D eigenvalue weighted by atomic mass is 16.3. The van der Waals surface area contributed by atoms with Gasteiger partial charge in [0, 0.05) is 66.5 Å². The second kappa shape index (κ2) is 18.9. The predicted molar refractivity (Wildman–Crippen MR) is 334 cm³/mol. The van der Waals surface area contributed by atoms with Crippen molar-refractivity contribution < 1.29 is 4.42 Å². The van der Waals surface area contributed by atoms with Crippen LogP contribution in [0.5, 0.6) is 0 Å². The number of rotatable bonds is 9. The van der Waals surface area contributed by atoms with Crippen molar-refractivity contribution in [2.24, 2.45) is 0 Å². The normalized spacial score (nSPS) is 11.7. The Balaban J connectivity index is 0.936. The van der Waals surface area contributed by atoms with E-state index < -0.39 is 0 Å². The molecule has 0 fully saturated rings. The zero-order valence-electron chi connectivity index (χ0n) is 43.8. The van der Waals surface area contributed by atoms with E-state index in [4.69, 9.17) is 19.4 Å². The van der Waals surface area contributed by atoms with Gasteiger partial charge in [-0.15, -0.1) is 0 Å². The molecule has 0 spiro atoms. The number of hydrogen-bond acceptors (Lipinski definition) is 4. The molecule has 4 heterocycles. The maximum atomic E-state index is 7.23. The van der Waals surface area contributed by atoms with Gasteiger partial charge in [0.1, 0.15) is 11.2 Å². The largest absolute Gasteiger partial charge is 0.455 e. The minimum atomic E-state index is 0.571. The van der Waals surface area contributed by atoms with Gasteiger partial charge in [0.2, 0.25) is 0 Å². The lowest BCUT2D eigenvalue weighted by Crippen LogP contribution is -2.04. The first-order chi connectivity index (χ1) is 40.2. The Hall–Kier alpha value is -11.0. The van der Waals surface area contributed by atoms with Crippen LogP contribution < -0.4 is 0 Å². The first-order valence-electron chi connectivity index (χ1n) is 27.4. The average molecular weight is 1030 g/mol. The summed E-state index contributed by atoms with van der Waals surface area (Å²) in [7, 11) is 0. The average Bonchev–Trinajstić information content (AvgIpc) is 4.40. The minimum absolute atomic E-state index is 0.571. The summed E-state index contributed by atoms with van der Waals surface area (Å²) in [5.41, 5.74) is 19.6. The first kappa shape index (κ1) is 46.2. The van der Waals surface area contributed by atoms with E-state index in [1.54, 1.807) is 0 Å². The maximum Gasteiger partial charge on any atom is 0.164 e. The molecule has 16 rings (SSSR count). The first-order valence-corrected chi connectivity index (χ1v) is 27.4. The van der Waals surface area contributed by atoms with Crippen molar-refractivity contribution >= 4 is 65.6 Å². The van der Waals surface area contributed by atoms with Crippen molar-refractivity contribution in [2.75, 3.05) is 0 Å². The van der Waals surface area contributed by atoms with Crippen LogP contribution in [0, 0.1) is 0 Å². The van der Waals surface area contributed by atoms with Crippen LogP contribution in [-0.4, -0.2) is 24.1 Å². The number of nitrogens with zero attached hydrogens (tertiary/aromatic N) is 5. The molecule has 81 heavy (non-hydrogen) atoms. The summed E-state index contributed by atoms with van der Waals surface area (Å²) in [6.07, 6.45) is 0. The van der Waals surface area contributed by atoms with Gasteiger partial charge in [-0.1, -0.05) is 224 Å². The summed E-state index contributed by atoms with van der Waals surface area (Å²) in [5.74, 6) is 1.75. The molecule has 6 heteroatoms. The van der Waals surface area contributed by atoms with Crippen molar-refractivity contribution in [3.05, 3.63) is 285 Å². The number of benzene rings is 12. The summed E-state index contributed by atoms with van der Waals surface area (Å²) in [5, 5.41) is 6.71. The van der Waals surface area contributed by atoms with E-state index in [0.717, 1.165) is 127 Å².